The number of hydrogen-bond donors (Lipinski definition) is 0. The fraction of sp³-hybridized carbons (Fsp3) is 0.867. The fourth-order valence-electron chi connectivity index (χ4n) is 2.97. The molecule has 0 aromatic carbocycles. The predicted molar refractivity (Wildman–Crippen MR) is 72.8 cm³/mol. The first kappa shape index (κ1) is 14.5. The van der Waals surface area contributed by atoms with E-state index in [0.29, 0.717) is 31.7 Å². The van der Waals surface area contributed by atoms with Crippen LogP contribution in [0.3, 0.4) is 0 Å². The van der Waals surface area contributed by atoms with Gasteiger partial charge in [-0.15, -0.1) is 0 Å². The van der Waals surface area contributed by atoms with Crippen molar-refractivity contribution in [2.45, 2.75) is 58.0 Å². The first-order valence-electron chi connectivity index (χ1n) is 7.62. The molecule has 0 aliphatic carbocycles. The van der Waals surface area contributed by atoms with Gasteiger partial charge in [0, 0.05) is 38.5 Å². The first-order valence-corrected chi connectivity index (χ1v) is 7.62. The molecule has 2 atom stereocenters. The molecule has 2 fully saturated rings. The first-order chi connectivity index (χ1) is 9.20. The summed E-state index contributed by atoms with van der Waals surface area (Å²) in [6.45, 7) is 4.10. The van der Waals surface area contributed by atoms with Crippen molar-refractivity contribution < 1.29 is 14.3 Å². The van der Waals surface area contributed by atoms with Gasteiger partial charge in [-0.25, -0.2) is 0 Å². The lowest BCUT2D eigenvalue weighted by molar-refractivity contribution is -0.138. The zero-order chi connectivity index (χ0) is 13.7. The van der Waals surface area contributed by atoms with Crippen LogP contribution in [0, 0.1) is 5.92 Å². The molecule has 4 nitrogen and oxygen atoms in total. The van der Waals surface area contributed by atoms with Crippen molar-refractivity contribution >= 4 is 11.7 Å². The van der Waals surface area contributed by atoms with Gasteiger partial charge >= 0.3 is 0 Å². The molecule has 0 radical (unpaired) electrons. The van der Waals surface area contributed by atoms with Crippen LogP contribution in [0.4, 0.5) is 0 Å². The molecule has 2 aliphatic rings. The van der Waals surface area contributed by atoms with Crippen molar-refractivity contribution in [1.82, 2.24) is 4.90 Å². The second-order valence-corrected chi connectivity index (χ2v) is 5.69. The van der Waals surface area contributed by atoms with Gasteiger partial charge in [0.15, 0.2) is 0 Å². The Bertz CT molecular complexity index is 323. The monoisotopic (exact) mass is 267 g/mol. The third kappa shape index (κ3) is 4.03. The minimum absolute atomic E-state index is 0.0589. The average Bonchev–Trinajstić information content (AvgIpc) is 2.46. The van der Waals surface area contributed by atoms with E-state index in [4.69, 9.17) is 4.74 Å². The van der Waals surface area contributed by atoms with Gasteiger partial charge in [0.05, 0.1) is 6.10 Å². The Labute approximate surface area is 115 Å². The second kappa shape index (κ2) is 7.04. The van der Waals surface area contributed by atoms with Crippen LogP contribution in [0.2, 0.25) is 0 Å². The Hall–Kier alpha value is -0.900. The van der Waals surface area contributed by atoms with Crippen molar-refractivity contribution in [3.05, 3.63) is 0 Å². The number of amides is 1. The van der Waals surface area contributed by atoms with E-state index in [0.717, 1.165) is 32.3 Å². The molecule has 2 rings (SSSR count). The maximum absolute atomic E-state index is 12.2. The van der Waals surface area contributed by atoms with Crippen molar-refractivity contribution in [3.63, 3.8) is 0 Å². The average molecular weight is 267 g/mol. The van der Waals surface area contributed by atoms with Gasteiger partial charge < -0.3 is 9.64 Å². The maximum Gasteiger partial charge on any atom is 0.222 e. The van der Waals surface area contributed by atoms with E-state index in [-0.39, 0.29) is 17.9 Å². The van der Waals surface area contributed by atoms with Crippen LogP contribution in [0.25, 0.3) is 0 Å². The Balaban J connectivity index is 1.74. The number of ether oxygens (including phenoxy) is 1. The quantitative estimate of drug-likeness (QED) is 0.784. The van der Waals surface area contributed by atoms with Crippen LogP contribution in [0.15, 0.2) is 0 Å². The highest BCUT2D eigenvalue weighted by molar-refractivity contribution is 5.85. The summed E-state index contributed by atoms with van der Waals surface area (Å²) < 4.78 is 5.65. The molecule has 2 saturated heterocycles. The normalized spacial score (nSPS) is 28.5. The molecular weight excluding hydrogens is 242 g/mol. The number of hydrogen-bond acceptors (Lipinski definition) is 3. The number of nitrogens with zero attached hydrogens (tertiary/aromatic N) is 1. The van der Waals surface area contributed by atoms with Crippen molar-refractivity contribution in [1.29, 1.82) is 0 Å². The molecule has 0 saturated carbocycles. The molecule has 2 aliphatic heterocycles. The van der Waals surface area contributed by atoms with Crippen LogP contribution >= 0.6 is 0 Å². The number of likely N-dealkylation sites (tertiary alicyclic amines) is 1. The number of ketones is 1. The summed E-state index contributed by atoms with van der Waals surface area (Å²) in [6, 6.07) is 0. The van der Waals surface area contributed by atoms with E-state index in [1.165, 1.54) is 6.42 Å². The highest BCUT2D eigenvalue weighted by Crippen LogP contribution is 2.20. The lowest BCUT2D eigenvalue weighted by Gasteiger charge is -2.32. The fourth-order valence-corrected chi connectivity index (χ4v) is 2.97. The molecule has 0 aromatic rings. The Morgan fingerprint density at radius 1 is 1.42 bits per heavy atom. The highest BCUT2D eigenvalue weighted by Gasteiger charge is 2.28. The minimum atomic E-state index is 0.0589. The molecule has 0 spiro atoms. The van der Waals surface area contributed by atoms with Gasteiger partial charge in [0.1, 0.15) is 5.78 Å². The molecule has 1 amide bonds. The maximum atomic E-state index is 12.2. The van der Waals surface area contributed by atoms with E-state index in [2.05, 4.69) is 0 Å². The number of piperidine rings is 1. The lowest BCUT2D eigenvalue weighted by Crippen LogP contribution is -2.44. The molecule has 0 bridgehead atoms. The molecule has 108 valence electrons. The third-order valence-electron chi connectivity index (χ3n) is 4.32. The zero-order valence-corrected chi connectivity index (χ0v) is 11.9. The smallest absolute Gasteiger partial charge is 0.222 e. The summed E-state index contributed by atoms with van der Waals surface area (Å²) in [4.78, 5) is 25.7. The SMILES string of the molecule is CCC1CN(C(=O)CCC2CCCCO2)CCC1=O. The lowest BCUT2D eigenvalue weighted by atomic mass is 9.93. The molecule has 2 unspecified atom stereocenters. The molecule has 4 heteroatoms. The van der Waals surface area contributed by atoms with Crippen molar-refractivity contribution in [2.24, 2.45) is 5.92 Å². The Kier molecular flexibility index (Phi) is 5.37. The Morgan fingerprint density at radius 2 is 2.26 bits per heavy atom. The summed E-state index contributed by atoms with van der Waals surface area (Å²) in [5, 5.41) is 0. The van der Waals surface area contributed by atoms with E-state index < -0.39 is 0 Å². The van der Waals surface area contributed by atoms with Gasteiger partial charge in [-0.2, -0.15) is 0 Å². The van der Waals surface area contributed by atoms with Crippen LogP contribution in [-0.2, 0) is 14.3 Å². The molecular formula is C15H25NO3. The van der Waals surface area contributed by atoms with E-state index in [1.54, 1.807) is 0 Å². The zero-order valence-electron chi connectivity index (χ0n) is 11.9. The largest absolute Gasteiger partial charge is 0.378 e. The predicted octanol–water partition coefficient (Wildman–Crippen LogP) is 2.16. The molecule has 0 aromatic heterocycles. The van der Waals surface area contributed by atoms with Gasteiger partial charge in [0.2, 0.25) is 5.91 Å². The summed E-state index contributed by atoms with van der Waals surface area (Å²) in [5.74, 6) is 0.575. The number of carbonyl (C=O) groups is 2. The summed E-state index contributed by atoms with van der Waals surface area (Å²) in [5.41, 5.74) is 0. The summed E-state index contributed by atoms with van der Waals surface area (Å²) >= 11 is 0. The second-order valence-electron chi connectivity index (χ2n) is 5.69. The van der Waals surface area contributed by atoms with Crippen LogP contribution in [0.1, 0.15) is 51.9 Å². The van der Waals surface area contributed by atoms with E-state index in [9.17, 15) is 9.59 Å². The number of Topliss-reactive ketones (excluding diaryl/α,β-unsaturated/α-hetero) is 1. The standard InChI is InChI=1S/C15H25NO3/c1-2-12-11-16(9-8-14(12)17)15(18)7-6-13-5-3-4-10-19-13/h12-13H,2-11H2,1H3. The van der Waals surface area contributed by atoms with Crippen LogP contribution in [0.5, 0.6) is 0 Å². The molecule has 19 heavy (non-hydrogen) atoms. The summed E-state index contributed by atoms with van der Waals surface area (Å²) in [7, 11) is 0. The van der Waals surface area contributed by atoms with Gasteiger partial charge in [-0.1, -0.05) is 6.92 Å². The third-order valence-corrected chi connectivity index (χ3v) is 4.32. The highest BCUT2D eigenvalue weighted by atomic mass is 16.5. The van der Waals surface area contributed by atoms with Crippen molar-refractivity contribution in [2.75, 3.05) is 19.7 Å². The topological polar surface area (TPSA) is 46.6 Å². The van der Waals surface area contributed by atoms with Gasteiger partial charge in [-0.3, -0.25) is 9.59 Å². The summed E-state index contributed by atoms with van der Waals surface area (Å²) in [6.07, 6.45) is 6.49. The van der Waals surface area contributed by atoms with Crippen LogP contribution in [-0.4, -0.2) is 42.4 Å². The van der Waals surface area contributed by atoms with Gasteiger partial charge in [-0.05, 0) is 32.1 Å². The minimum Gasteiger partial charge on any atom is -0.378 e. The molecule has 0 N–H and O–H groups in total. The van der Waals surface area contributed by atoms with Crippen molar-refractivity contribution in [3.8, 4) is 0 Å². The van der Waals surface area contributed by atoms with Gasteiger partial charge in [0.25, 0.3) is 0 Å². The Morgan fingerprint density at radius 3 is 2.95 bits per heavy atom. The number of rotatable bonds is 4. The van der Waals surface area contributed by atoms with Crippen LogP contribution < -0.4 is 0 Å². The number of carbonyl (C=O) groups excluding carboxylic acids is 2. The van der Waals surface area contributed by atoms with E-state index >= 15 is 0 Å². The molecule has 2 heterocycles. The van der Waals surface area contributed by atoms with E-state index in [1.807, 2.05) is 11.8 Å².